The van der Waals surface area contributed by atoms with Crippen LogP contribution in [0.2, 0.25) is 0 Å². The Morgan fingerprint density at radius 3 is 2.50 bits per heavy atom. The summed E-state index contributed by atoms with van der Waals surface area (Å²) >= 11 is 0. The van der Waals surface area contributed by atoms with Gasteiger partial charge in [-0.05, 0) is 12.1 Å². The van der Waals surface area contributed by atoms with E-state index < -0.39 is 0 Å². The van der Waals surface area contributed by atoms with Crippen molar-refractivity contribution in [3.63, 3.8) is 0 Å². The minimum atomic E-state index is 0.311. The van der Waals surface area contributed by atoms with Crippen LogP contribution in [-0.4, -0.2) is 13.2 Å². The molecule has 0 spiro atoms. The highest BCUT2D eigenvalue weighted by atomic mass is 17.3. The third kappa shape index (κ3) is 3.34. The predicted octanol–water partition coefficient (Wildman–Crippen LogP) is 0.887. The highest BCUT2D eigenvalue weighted by Crippen LogP contribution is 2.07. The largest absolute Gasteiger partial charge is 0.491 e. The summed E-state index contributed by atoms with van der Waals surface area (Å²) in [5.74, 6) is 5.43. The summed E-state index contributed by atoms with van der Waals surface area (Å²) in [5.41, 5.74) is 0. The molecular weight excluding hydrogens is 158 g/mol. The molecule has 0 saturated carbocycles. The van der Waals surface area contributed by atoms with Gasteiger partial charge < -0.3 is 4.74 Å². The molecule has 0 heterocycles. The second-order valence-electron chi connectivity index (χ2n) is 2.08. The fraction of sp³-hybridized carbons (Fsp3) is 0.250. The van der Waals surface area contributed by atoms with E-state index in [-0.39, 0.29) is 0 Å². The number of hydrogen-bond donors (Lipinski definition) is 1. The summed E-state index contributed by atoms with van der Waals surface area (Å²) < 4.78 is 5.25. The Bertz CT molecular complexity index is 203. The molecule has 1 rings (SSSR count). The molecule has 1 aromatic rings. The average Bonchev–Trinajstić information content (AvgIpc) is 2.14. The fourth-order valence-corrected chi connectivity index (χ4v) is 0.758. The van der Waals surface area contributed by atoms with Crippen LogP contribution in [0.3, 0.4) is 0 Å². The average molecular weight is 169 g/mol. The topological polar surface area (TPSA) is 53.7 Å². The fourth-order valence-electron chi connectivity index (χ4n) is 0.758. The summed E-state index contributed by atoms with van der Waals surface area (Å²) in [5, 5.41) is 0. The van der Waals surface area contributed by atoms with Gasteiger partial charge in [-0.2, -0.15) is 5.90 Å². The molecule has 0 aliphatic heterocycles. The van der Waals surface area contributed by atoms with Crippen LogP contribution in [0.1, 0.15) is 0 Å². The third-order valence-electron chi connectivity index (χ3n) is 1.25. The summed E-state index contributed by atoms with van der Waals surface area (Å²) in [6.45, 7) is 0.729. The number of hydrogen-bond acceptors (Lipinski definition) is 4. The van der Waals surface area contributed by atoms with Gasteiger partial charge >= 0.3 is 0 Å². The van der Waals surface area contributed by atoms with Crippen molar-refractivity contribution in [2.45, 2.75) is 0 Å². The van der Waals surface area contributed by atoms with E-state index in [4.69, 9.17) is 4.74 Å². The molecule has 0 atom stereocenters. The number of ether oxygens (including phenoxy) is 1. The molecule has 0 aliphatic carbocycles. The zero-order chi connectivity index (χ0) is 8.65. The van der Waals surface area contributed by atoms with Crippen molar-refractivity contribution in [1.82, 2.24) is 0 Å². The normalized spacial score (nSPS) is 9.75. The molecule has 0 bridgehead atoms. The summed E-state index contributed by atoms with van der Waals surface area (Å²) in [7, 11) is 0. The van der Waals surface area contributed by atoms with Crippen LogP contribution >= 0.6 is 0 Å². The van der Waals surface area contributed by atoms with Crippen LogP contribution in [0.15, 0.2) is 30.3 Å². The van der Waals surface area contributed by atoms with Gasteiger partial charge in [-0.25, -0.2) is 4.89 Å². The van der Waals surface area contributed by atoms with Gasteiger partial charge in [-0.1, -0.05) is 18.2 Å². The lowest BCUT2D eigenvalue weighted by Crippen LogP contribution is -2.09. The van der Waals surface area contributed by atoms with Crippen molar-refractivity contribution in [2.24, 2.45) is 5.90 Å². The van der Waals surface area contributed by atoms with E-state index in [1.54, 1.807) is 0 Å². The lowest BCUT2D eigenvalue weighted by atomic mass is 10.3. The van der Waals surface area contributed by atoms with Crippen molar-refractivity contribution in [3.8, 4) is 5.75 Å². The number of benzene rings is 1. The van der Waals surface area contributed by atoms with E-state index in [9.17, 15) is 0 Å². The molecule has 0 amide bonds. The molecule has 0 aliphatic rings. The Hall–Kier alpha value is -1.10. The van der Waals surface area contributed by atoms with Crippen LogP contribution in [0, 0.1) is 0 Å². The Labute approximate surface area is 70.7 Å². The van der Waals surface area contributed by atoms with E-state index in [0.717, 1.165) is 5.75 Å². The number of rotatable bonds is 5. The SMILES string of the molecule is NOOCCOc1ccccc1. The zero-order valence-electron chi connectivity index (χ0n) is 6.60. The van der Waals surface area contributed by atoms with Gasteiger partial charge in [-0.15, -0.1) is 4.99 Å². The van der Waals surface area contributed by atoms with Gasteiger partial charge in [0.05, 0.1) is 0 Å². The molecule has 0 fully saturated rings. The van der Waals surface area contributed by atoms with Crippen LogP contribution in [-0.2, 0) is 9.88 Å². The minimum Gasteiger partial charge on any atom is -0.491 e. The Morgan fingerprint density at radius 2 is 1.83 bits per heavy atom. The van der Waals surface area contributed by atoms with Crippen molar-refractivity contribution in [2.75, 3.05) is 13.2 Å². The number of para-hydroxylation sites is 1. The van der Waals surface area contributed by atoms with Gasteiger partial charge in [0, 0.05) is 0 Å². The second kappa shape index (κ2) is 5.54. The van der Waals surface area contributed by atoms with Crippen LogP contribution in [0.25, 0.3) is 0 Å². The Kier molecular flexibility index (Phi) is 4.15. The second-order valence-corrected chi connectivity index (χ2v) is 2.08. The quantitative estimate of drug-likeness (QED) is 0.404. The van der Waals surface area contributed by atoms with Crippen molar-refractivity contribution >= 4 is 0 Å². The van der Waals surface area contributed by atoms with Crippen molar-refractivity contribution in [1.29, 1.82) is 0 Å². The lowest BCUT2D eigenvalue weighted by Gasteiger charge is -2.03. The van der Waals surface area contributed by atoms with Gasteiger partial charge in [0.1, 0.15) is 19.0 Å². The molecule has 12 heavy (non-hydrogen) atoms. The van der Waals surface area contributed by atoms with Gasteiger partial charge in [0.25, 0.3) is 0 Å². The van der Waals surface area contributed by atoms with E-state index in [2.05, 4.69) is 15.8 Å². The molecule has 0 saturated heterocycles. The maximum Gasteiger partial charge on any atom is 0.119 e. The van der Waals surface area contributed by atoms with Crippen LogP contribution < -0.4 is 10.6 Å². The maximum atomic E-state index is 5.25. The van der Waals surface area contributed by atoms with Crippen molar-refractivity contribution in [3.05, 3.63) is 30.3 Å². The summed E-state index contributed by atoms with van der Waals surface area (Å²) in [4.78, 5) is 8.31. The Morgan fingerprint density at radius 1 is 1.08 bits per heavy atom. The highest BCUT2D eigenvalue weighted by Gasteiger charge is 1.90. The van der Waals surface area contributed by atoms with Gasteiger partial charge in [0.2, 0.25) is 0 Å². The van der Waals surface area contributed by atoms with E-state index >= 15 is 0 Å². The molecular formula is C8H11NO3. The molecule has 0 radical (unpaired) electrons. The van der Waals surface area contributed by atoms with E-state index in [0.29, 0.717) is 13.2 Å². The van der Waals surface area contributed by atoms with E-state index in [1.807, 2.05) is 30.3 Å². The minimum absolute atomic E-state index is 0.311. The molecule has 66 valence electrons. The molecule has 2 N–H and O–H groups in total. The first-order chi connectivity index (χ1) is 5.93. The first kappa shape index (κ1) is 8.99. The van der Waals surface area contributed by atoms with Crippen LogP contribution in [0.5, 0.6) is 5.75 Å². The molecule has 4 nitrogen and oxygen atoms in total. The molecule has 4 heteroatoms. The van der Waals surface area contributed by atoms with Gasteiger partial charge in [0.15, 0.2) is 0 Å². The smallest absolute Gasteiger partial charge is 0.119 e. The first-order valence-electron chi connectivity index (χ1n) is 3.59. The lowest BCUT2D eigenvalue weighted by molar-refractivity contribution is -0.301. The highest BCUT2D eigenvalue weighted by molar-refractivity contribution is 5.20. The number of nitrogens with two attached hydrogens (primary N) is 1. The zero-order valence-corrected chi connectivity index (χ0v) is 6.60. The van der Waals surface area contributed by atoms with Crippen molar-refractivity contribution < 1.29 is 14.6 Å². The molecule has 1 aromatic carbocycles. The predicted molar refractivity (Wildman–Crippen MR) is 43.2 cm³/mol. The first-order valence-corrected chi connectivity index (χ1v) is 3.59. The maximum absolute atomic E-state index is 5.25. The van der Waals surface area contributed by atoms with E-state index in [1.165, 1.54) is 0 Å². The standard InChI is InChI=1S/C8H11NO3/c9-12-11-7-6-10-8-4-2-1-3-5-8/h1-5H,6-7,9H2. The monoisotopic (exact) mass is 169 g/mol. The summed E-state index contributed by atoms with van der Waals surface area (Å²) in [6, 6.07) is 9.45. The van der Waals surface area contributed by atoms with Gasteiger partial charge in [-0.3, -0.25) is 0 Å². The summed E-state index contributed by atoms with van der Waals surface area (Å²) in [6.07, 6.45) is 0. The Balaban J connectivity index is 2.16. The molecule has 0 unspecified atom stereocenters. The van der Waals surface area contributed by atoms with Crippen LogP contribution in [0.4, 0.5) is 0 Å². The molecule has 0 aromatic heterocycles. The third-order valence-corrected chi connectivity index (χ3v) is 1.25.